The van der Waals surface area contributed by atoms with Gasteiger partial charge in [-0.25, -0.2) is 4.68 Å². The molecular formula is C20H23N5O2. The van der Waals surface area contributed by atoms with Crippen molar-refractivity contribution in [2.24, 2.45) is 5.41 Å². The second-order valence-electron chi connectivity index (χ2n) is 7.56. The van der Waals surface area contributed by atoms with Gasteiger partial charge in [-0.1, -0.05) is 18.2 Å². The Hall–Kier alpha value is -2.96. The summed E-state index contributed by atoms with van der Waals surface area (Å²) in [6.07, 6.45) is 3.76. The topological polar surface area (TPSA) is 81.8 Å². The maximum absolute atomic E-state index is 12.5. The summed E-state index contributed by atoms with van der Waals surface area (Å²) in [6.45, 7) is 5.36. The number of nitrogens with zero attached hydrogens (tertiary/aromatic N) is 4. The molecule has 1 aromatic carbocycles. The number of carbonyl (C=O) groups excluding carboxylic acids is 1. The number of hydrogen-bond acceptors (Lipinski definition) is 4. The maximum Gasteiger partial charge on any atom is 0.275 e. The average molecular weight is 365 g/mol. The number of aryl methyl sites for hydroxylation is 2. The molecule has 0 bridgehead atoms. The van der Waals surface area contributed by atoms with E-state index in [0.717, 1.165) is 36.2 Å². The Bertz CT molecular complexity index is 1060. The predicted molar refractivity (Wildman–Crippen MR) is 102 cm³/mol. The van der Waals surface area contributed by atoms with Crippen LogP contribution in [0.3, 0.4) is 0 Å². The second kappa shape index (κ2) is 6.64. The first kappa shape index (κ1) is 17.5. The minimum Gasteiger partial charge on any atom is -0.354 e. The molecule has 7 nitrogen and oxygen atoms in total. The van der Waals surface area contributed by atoms with E-state index in [2.05, 4.69) is 21.6 Å². The van der Waals surface area contributed by atoms with Gasteiger partial charge in [0.25, 0.3) is 5.56 Å². The molecule has 0 atom stereocenters. The van der Waals surface area contributed by atoms with Crippen molar-refractivity contribution in [3.05, 3.63) is 58.3 Å². The van der Waals surface area contributed by atoms with Crippen LogP contribution in [0.4, 0.5) is 0 Å². The van der Waals surface area contributed by atoms with Gasteiger partial charge in [0, 0.05) is 29.6 Å². The highest BCUT2D eigenvalue weighted by Crippen LogP contribution is 2.46. The van der Waals surface area contributed by atoms with Crippen LogP contribution in [0, 0.1) is 19.3 Å². The summed E-state index contributed by atoms with van der Waals surface area (Å²) >= 11 is 0. The molecule has 1 amide bonds. The number of amides is 1. The SMILES string of the molecule is Cc1cc(C)n(CC2(CNC(=O)Cn3ncc4ccccc4c3=O)CC2)n1. The molecule has 4 rings (SSSR count). The molecule has 2 aromatic heterocycles. The minimum atomic E-state index is -0.243. The van der Waals surface area contributed by atoms with Crippen molar-refractivity contribution in [3.8, 4) is 0 Å². The molecule has 3 aromatic rings. The monoisotopic (exact) mass is 365 g/mol. The lowest BCUT2D eigenvalue weighted by Crippen LogP contribution is -2.37. The van der Waals surface area contributed by atoms with Crippen molar-refractivity contribution in [1.29, 1.82) is 0 Å². The number of carbonyl (C=O) groups is 1. The number of rotatable bonds is 6. The zero-order valence-electron chi connectivity index (χ0n) is 15.6. The molecule has 1 saturated carbocycles. The Morgan fingerprint density at radius 2 is 2.00 bits per heavy atom. The van der Waals surface area contributed by atoms with Crippen LogP contribution < -0.4 is 10.9 Å². The average Bonchev–Trinajstić information content (AvgIpc) is 3.34. The van der Waals surface area contributed by atoms with Crippen molar-refractivity contribution in [1.82, 2.24) is 24.9 Å². The van der Waals surface area contributed by atoms with Crippen LogP contribution in [0.25, 0.3) is 10.8 Å². The Morgan fingerprint density at radius 1 is 1.22 bits per heavy atom. The zero-order chi connectivity index (χ0) is 19.0. The van der Waals surface area contributed by atoms with Crippen molar-refractivity contribution in [2.45, 2.75) is 39.8 Å². The van der Waals surface area contributed by atoms with Crippen LogP contribution in [0.15, 0.2) is 41.3 Å². The van der Waals surface area contributed by atoms with Crippen molar-refractivity contribution in [2.75, 3.05) is 6.54 Å². The lowest BCUT2D eigenvalue weighted by atomic mass is 10.1. The summed E-state index contributed by atoms with van der Waals surface area (Å²) in [7, 11) is 0. The maximum atomic E-state index is 12.5. The molecule has 1 aliphatic rings. The Balaban J connectivity index is 1.39. The first-order valence-electron chi connectivity index (χ1n) is 9.18. The third-order valence-corrected chi connectivity index (χ3v) is 5.26. The van der Waals surface area contributed by atoms with Gasteiger partial charge in [0.2, 0.25) is 5.91 Å². The van der Waals surface area contributed by atoms with Crippen LogP contribution in [0.5, 0.6) is 0 Å². The standard InChI is InChI=1S/C20H23N5O2/c1-14-9-15(2)25(23-14)13-20(7-8-20)12-21-18(26)11-24-19(27)17-6-4-3-5-16(17)10-22-24/h3-6,9-10H,7-8,11-13H2,1-2H3,(H,21,26). The quantitative estimate of drug-likeness (QED) is 0.722. The molecule has 140 valence electrons. The number of aromatic nitrogens is 4. The molecule has 27 heavy (non-hydrogen) atoms. The number of fused-ring (bicyclic) bond motifs is 1. The molecule has 0 saturated heterocycles. The van der Waals surface area contributed by atoms with Gasteiger partial charge in [0.15, 0.2) is 0 Å². The highest BCUT2D eigenvalue weighted by atomic mass is 16.2. The summed E-state index contributed by atoms with van der Waals surface area (Å²) in [6, 6.07) is 9.32. The van der Waals surface area contributed by atoms with E-state index in [1.54, 1.807) is 12.3 Å². The molecule has 0 radical (unpaired) electrons. The zero-order valence-corrected chi connectivity index (χ0v) is 15.6. The highest BCUT2D eigenvalue weighted by Gasteiger charge is 2.43. The van der Waals surface area contributed by atoms with Gasteiger partial charge in [0.05, 0.1) is 17.3 Å². The molecule has 1 fully saturated rings. The summed E-state index contributed by atoms with van der Waals surface area (Å²) in [4.78, 5) is 24.8. The molecule has 1 N–H and O–H groups in total. The fourth-order valence-electron chi connectivity index (χ4n) is 3.44. The molecule has 1 aliphatic carbocycles. The molecule has 0 aliphatic heterocycles. The largest absolute Gasteiger partial charge is 0.354 e. The van der Waals surface area contributed by atoms with E-state index in [1.165, 1.54) is 4.68 Å². The van der Waals surface area contributed by atoms with Crippen LogP contribution in [0.2, 0.25) is 0 Å². The van der Waals surface area contributed by atoms with E-state index in [1.807, 2.05) is 36.7 Å². The van der Waals surface area contributed by atoms with E-state index < -0.39 is 0 Å². The summed E-state index contributed by atoms with van der Waals surface area (Å²) in [5, 5.41) is 13.0. The fraction of sp³-hybridized carbons (Fsp3) is 0.400. The Morgan fingerprint density at radius 3 is 2.70 bits per heavy atom. The minimum absolute atomic E-state index is 0.0698. The van der Waals surface area contributed by atoms with E-state index in [-0.39, 0.29) is 23.4 Å². The third kappa shape index (κ3) is 3.63. The van der Waals surface area contributed by atoms with Gasteiger partial charge >= 0.3 is 0 Å². The molecule has 0 unspecified atom stereocenters. The number of nitrogens with one attached hydrogen (secondary N) is 1. The molecular weight excluding hydrogens is 342 g/mol. The summed E-state index contributed by atoms with van der Waals surface area (Å²) in [5.74, 6) is -0.195. The van der Waals surface area contributed by atoms with Gasteiger partial charge < -0.3 is 5.32 Å². The van der Waals surface area contributed by atoms with Crippen molar-refractivity contribution >= 4 is 16.7 Å². The molecule has 7 heteroatoms. The Labute approximate surface area is 157 Å². The van der Waals surface area contributed by atoms with E-state index in [0.29, 0.717) is 11.9 Å². The molecule has 2 heterocycles. The normalized spacial score (nSPS) is 15.0. The van der Waals surface area contributed by atoms with Gasteiger partial charge in [-0.3, -0.25) is 14.3 Å². The van der Waals surface area contributed by atoms with Crippen LogP contribution in [-0.4, -0.2) is 32.0 Å². The number of hydrogen-bond donors (Lipinski definition) is 1. The Kier molecular flexibility index (Phi) is 4.30. The van der Waals surface area contributed by atoms with Crippen molar-refractivity contribution < 1.29 is 4.79 Å². The van der Waals surface area contributed by atoms with Crippen LogP contribution >= 0.6 is 0 Å². The van der Waals surface area contributed by atoms with Gasteiger partial charge in [0.1, 0.15) is 6.54 Å². The van der Waals surface area contributed by atoms with Crippen molar-refractivity contribution in [3.63, 3.8) is 0 Å². The lowest BCUT2D eigenvalue weighted by molar-refractivity contribution is -0.122. The smallest absolute Gasteiger partial charge is 0.275 e. The first-order chi connectivity index (χ1) is 13.0. The number of benzene rings is 1. The summed E-state index contributed by atoms with van der Waals surface area (Å²) < 4.78 is 3.24. The highest BCUT2D eigenvalue weighted by molar-refractivity contribution is 5.81. The summed E-state index contributed by atoms with van der Waals surface area (Å²) in [5.41, 5.74) is 1.97. The van der Waals surface area contributed by atoms with E-state index >= 15 is 0 Å². The molecule has 0 spiro atoms. The van der Waals surface area contributed by atoms with E-state index in [9.17, 15) is 9.59 Å². The third-order valence-electron chi connectivity index (χ3n) is 5.26. The van der Waals surface area contributed by atoms with Gasteiger partial charge in [-0.2, -0.15) is 10.2 Å². The first-order valence-corrected chi connectivity index (χ1v) is 9.18. The predicted octanol–water partition coefficient (Wildman–Crippen LogP) is 1.81. The van der Waals surface area contributed by atoms with Gasteiger partial charge in [-0.05, 0) is 38.8 Å². The lowest BCUT2D eigenvalue weighted by Gasteiger charge is -2.17. The van der Waals surface area contributed by atoms with E-state index in [4.69, 9.17) is 0 Å². The van der Waals surface area contributed by atoms with Crippen LogP contribution in [-0.2, 0) is 17.9 Å². The fourth-order valence-corrected chi connectivity index (χ4v) is 3.44. The second-order valence-corrected chi connectivity index (χ2v) is 7.56. The van der Waals surface area contributed by atoms with Gasteiger partial charge in [-0.15, -0.1) is 0 Å². The van der Waals surface area contributed by atoms with Crippen LogP contribution in [0.1, 0.15) is 24.2 Å².